The number of hydrogen-bond acceptors (Lipinski definition) is 5. The molecule has 2 atom stereocenters. The fraction of sp³-hybridized carbons (Fsp3) is 0.435. The van der Waals surface area contributed by atoms with E-state index < -0.39 is 5.72 Å². The van der Waals surface area contributed by atoms with E-state index in [9.17, 15) is 5.11 Å². The molecule has 0 radical (unpaired) electrons. The molecule has 0 amide bonds. The summed E-state index contributed by atoms with van der Waals surface area (Å²) in [5.74, 6) is 1.21. The summed E-state index contributed by atoms with van der Waals surface area (Å²) in [6, 6.07) is 12.5. The number of phenolic OH excluding ortho intramolecular Hbond substituents is 1. The normalized spacial score (nSPS) is 25.5. The van der Waals surface area contributed by atoms with Gasteiger partial charge in [-0.1, -0.05) is 47.7 Å². The molecule has 4 nitrogen and oxygen atoms in total. The van der Waals surface area contributed by atoms with Crippen molar-refractivity contribution in [3.05, 3.63) is 58.7 Å². The molecule has 0 unspecified atom stereocenters. The molecule has 0 saturated heterocycles. The summed E-state index contributed by atoms with van der Waals surface area (Å²) in [5.41, 5.74) is 3.65. The summed E-state index contributed by atoms with van der Waals surface area (Å²) in [6.07, 6.45) is 3.58. The van der Waals surface area contributed by atoms with Crippen molar-refractivity contribution in [2.45, 2.75) is 57.7 Å². The van der Waals surface area contributed by atoms with E-state index in [2.05, 4.69) is 50.4 Å². The van der Waals surface area contributed by atoms with Crippen molar-refractivity contribution in [2.24, 2.45) is 4.99 Å². The molecule has 2 aliphatic heterocycles. The molecule has 0 saturated carbocycles. The molecule has 0 fully saturated rings. The van der Waals surface area contributed by atoms with Gasteiger partial charge in [-0.2, -0.15) is 0 Å². The number of nitrogens with one attached hydrogen (secondary N) is 1. The van der Waals surface area contributed by atoms with Gasteiger partial charge < -0.3 is 15.2 Å². The first-order valence-corrected chi connectivity index (χ1v) is 10.9. The van der Waals surface area contributed by atoms with Gasteiger partial charge in [0, 0.05) is 35.4 Å². The smallest absolute Gasteiger partial charge is 0.206 e. The van der Waals surface area contributed by atoms with E-state index >= 15 is 0 Å². The van der Waals surface area contributed by atoms with Gasteiger partial charge in [-0.25, -0.2) is 4.99 Å². The monoisotopic (exact) mass is 396 g/mol. The number of hydrogen-bond donors (Lipinski definition) is 2. The number of rotatable bonds is 1. The summed E-state index contributed by atoms with van der Waals surface area (Å²) in [5, 5.41) is 14.7. The molecule has 0 aliphatic carbocycles. The Labute approximate surface area is 171 Å². The van der Waals surface area contributed by atoms with Crippen LogP contribution in [-0.4, -0.2) is 27.8 Å². The standard InChI is InChI=1S/C23H28N2O2S/c1-14-6-8-16(9-7-14)18-12-23(13-22(3,4)24-21(25-23)28-5)27-20-15(2)19(26)11-10-17(18)20/h6-11,18,26H,12-13H2,1-5H3,(H,24,25)/t18-,23+/m1/s1. The van der Waals surface area contributed by atoms with E-state index in [1.165, 1.54) is 11.1 Å². The van der Waals surface area contributed by atoms with Gasteiger partial charge >= 0.3 is 0 Å². The zero-order chi connectivity index (χ0) is 20.1. The summed E-state index contributed by atoms with van der Waals surface area (Å²) in [7, 11) is 0. The molecule has 1 spiro atoms. The molecule has 148 valence electrons. The third kappa shape index (κ3) is 3.37. The number of aryl methyl sites for hydroxylation is 1. The number of fused-ring (bicyclic) bond motifs is 1. The average molecular weight is 397 g/mol. The highest BCUT2D eigenvalue weighted by Crippen LogP contribution is 2.51. The Balaban J connectivity index is 1.89. The van der Waals surface area contributed by atoms with E-state index in [0.29, 0.717) is 0 Å². The van der Waals surface area contributed by atoms with E-state index in [1.54, 1.807) is 17.8 Å². The van der Waals surface area contributed by atoms with Crippen LogP contribution in [0.25, 0.3) is 0 Å². The first kappa shape index (κ1) is 19.2. The minimum atomic E-state index is -0.645. The van der Waals surface area contributed by atoms with Crippen molar-refractivity contribution in [1.82, 2.24) is 5.32 Å². The predicted molar refractivity (Wildman–Crippen MR) is 117 cm³/mol. The number of aliphatic imine (C=N–C) groups is 1. The fourth-order valence-corrected chi connectivity index (χ4v) is 5.06. The fourth-order valence-electron chi connectivity index (χ4n) is 4.42. The zero-order valence-corrected chi connectivity index (χ0v) is 18.0. The Morgan fingerprint density at radius 3 is 2.54 bits per heavy atom. The number of ether oxygens (including phenoxy) is 1. The molecular formula is C23H28N2O2S. The van der Waals surface area contributed by atoms with Gasteiger partial charge in [0.15, 0.2) is 5.17 Å². The minimum absolute atomic E-state index is 0.125. The van der Waals surface area contributed by atoms with E-state index in [0.717, 1.165) is 34.9 Å². The highest BCUT2D eigenvalue weighted by Gasteiger charge is 2.48. The molecule has 2 heterocycles. The number of thioether (sulfide) groups is 1. The average Bonchev–Trinajstić information content (AvgIpc) is 2.64. The van der Waals surface area contributed by atoms with Crippen LogP contribution in [0.2, 0.25) is 0 Å². The summed E-state index contributed by atoms with van der Waals surface area (Å²) < 4.78 is 6.61. The van der Waals surface area contributed by atoms with Crippen LogP contribution in [-0.2, 0) is 0 Å². The Morgan fingerprint density at radius 1 is 1.14 bits per heavy atom. The van der Waals surface area contributed by atoms with Crippen LogP contribution in [0.15, 0.2) is 41.4 Å². The molecule has 28 heavy (non-hydrogen) atoms. The quantitative estimate of drug-likeness (QED) is 0.703. The van der Waals surface area contributed by atoms with E-state index in [-0.39, 0.29) is 17.2 Å². The highest BCUT2D eigenvalue weighted by atomic mass is 32.2. The van der Waals surface area contributed by atoms with E-state index in [1.807, 2.05) is 19.2 Å². The SMILES string of the molecule is CSC1=N[C@]2(C[C@H](c3ccc(C)cc3)c3ccc(O)c(C)c3O2)CC(C)(C)N1. The predicted octanol–water partition coefficient (Wildman–Crippen LogP) is 5.11. The second-order valence-electron chi connectivity index (χ2n) is 8.65. The number of nitrogens with zero attached hydrogens (tertiary/aromatic N) is 1. The lowest BCUT2D eigenvalue weighted by Crippen LogP contribution is -2.57. The lowest BCUT2D eigenvalue weighted by Gasteiger charge is -2.47. The van der Waals surface area contributed by atoms with Crippen LogP contribution in [0.4, 0.5) is 0 Å². The van der Waals surface area contributed by atoms with Crippen LogP contribution >= 0.6 is 11.8 Å². The van der Waals surface area contributed by atoms with Gasteiger partial charge in [0.05, 0.1) is 0 Å². The largest absolute Gasteiger partial charge is 0.508 e. The van der Waals surface area contributed by atoms with Gasteiger partial charge in [0.25, 0.3) is 0 Å². The Bertz CT molecular complexity index is 936. The van der Waals surface area contributed by atoms with Crippen molar-refractivity contribution in [3.8, 4) is 11.5 Å². The molecule has 4 rings (SSSR count). The topological polar surface area (TPSA) is 53.9 Å². The molecule has 5 heteroatoms. The van der Waals surface area contributed by atoms with Gasteiger partial charge in [-0.05, 0) is 45.6 Å². The van der Waals surface area contributed by atoms with Crippen molar-refractivity contribution in [3.63, 3.8) is 0 Å². The van der Waals surface area contributed by atoms with Crippen molar-refractivity contribution < 1.29 is 9.84 Å². The van der Waals surface area contributed by atoms with Crippen molar-refractivity contribution in [1.29, 1.82) is 0 Å². The molecule has 2 aliphatic rings. The van der Waals surface area contributed by atoms with Gasteiger partial charge in [0.1, 0.15) is 11.5 Å². The maximum absolute atomic E-state index is 10.3. The second-order valence-corrected chi connectivity index (χ2v) is 9.45. The molecule has 2 aromatic carbocycles. The summed E-state index contributed by atoms with van der Waals surface area (Å²) in [4.78, 5) is 5.01. The first-order chi connectivity index (χ1) is 13.2. The number of benzene rings is 2. The van der Waals surface area contributed by atoms with Gasteiger partial charge in [-0.3, -0.25) is 0 Å². The maximum Gasteiger partial charge on any atom is 0.206 e. The number of amidine groups is 1. The first-order valence-electron chi connectivity index (χ1n) is 9.72. The Hall–Kier alpha value is -2.14. The molecular weight excluding hydrogens is 368 g/mol. The summed E-state index contributed by atoms with van der Waals surface area (Å²) >= 11 is 1.61. The Kier molecular flexibility index (Phi) is 4.61. The van der Waals surface area contributed by atoms with Gasteiger partial charge in [-0.15, -0.1) is 0 Å². The second kappa shape index (κ2) is 6.73. The van der Waals surface area contributed by atoms with Crippen LogP contribution in [0, 0.1) is 13.8 Å². The third-order valence-corrected chi connectivity index (χ3v) is 6.32. The lowest BCUT2D eigenvalue weighted by molar-refractivity contribution is 0.0126. The number of phenols is 1. The lowest BCUT2D eigenvalue weighted by atomic mass is 9.77. The highest BCUT2D eigenvalue weighted by molar-refractivity contribution is 8.13. The molecule has 2 aromatic rings. The molecule has 0 bridgehead atoms. The Morgan fingerprint density at radius 2 is 1.86 bits per heavy atom. The zero-order valence-electron chi connectivity index (χ0n) is 17.2. The van der Waals surface area contributed by atoms with Crippen LogP contribution in [0.5, 0.6) is 11.5 Å². The van der Waals surface area contributed by atoms with E-state index in [4.69, 9.17) is 9.73 Å². The van der Waals surface area contributed by atoms with Crippen LogP contribution < -0.4 is 10.1 Å². The molecule has 2 N–H and O–H groups in total. The number of aromatic hydroxyl groups is 1. The van der Waals surface area contributed by atoms with Gasteiger partial charge in [0.2, 0.25) is 5.72 Å². The van der Waals surface area contributed by atoms with Crippen molar-refractivity contribution in [2.75, 3.05) is 6.26 Å². The van der Waals surface area contributed by atoms with Crippen LogP contribution in [0.3, 0.4) is 0 Å². The van der Waals surface area contributed by atoms with Crippen molar-refractivity contribution >= 4 is 16.9 Å². The summed E-state index contributed by atoms with van der Waals surface area (Å²) in [6.45, 7) is 8.41. The maximum atomic E-state index is 10.3. The molecule has 0 aromatic heterocycles. The minimum Gasteiger partial charge on any atom is -0.508 e. The van der Waals surface area contributed by atoms with Crippen LogP contribution in [0.1, 0.15) is 54.9 Å². The third-order valence-electron chi connectivity index (χ3n) is 5.74.